The number of pyridine rings is 3. The molecule has 5 aromatic heterocycles. The molecule has 6 aromatic rings. The van der Waals surface area contributed by atoms with Crippen molar-refractivity contribution in [2.24, 2.45) is 0 Å². The van der Waals surface area contributed by atoms with Crippen LogP contribution < -0.4 is 5.32 Å². The van der Waals surface area contributed by atoms with Crippen LogP contribution in [0.15, 0.2) is 67.1 Å². The zero-order valence-corrected chi connectivity index (χ0v) is 21.4. The highest BCUT2D eigenvalue weighted by Gasteiger charge is 2.17. The fourth-order valence-electron chi connectivity index (χ4n) is 4.65. The largest absolute Gasteiger partial charge is 0.384 e. The van der Waals surface area contributed by atoms with Gasteiger partial charge in [0.05, 0.1) is 16.9 Å². The Labute approximate surface area is 219 Å². The van der Waals surface area contributed by atoms with E-state index >= 15 is 0 Å². The first kappa shape index (κ1) is 23.7. The molecule has 190 valence electrons. The standard InChI is InChI=1S/C29H27FN8/c1-17-6-8-31-16-23(17)24-4-5-25-27(34-24)28(37-36-25)26-15-22-21(7-9-33-29(22)35-26)18-12-19(30)14-20(13-18)32-10-11-38(2)3/h4-9,12-16,32H,10-11H2,1-3H3,(H,33,35)(H,36,37). The number of nitrogens with zero attached hydrogens (tertiary/aromatic N) is 5. The first-order chi connectivity index (χ1) is 18.5. The lowest BCUT2D eigenvalue weighted by molar-refractivity contribution is 0.425. The number of hydrogen-bond acceptors (Lipinski definition) is 6. The van der Waals surface area contributed by atoms with Gasteiger partial charge >= 0.3 is 0 Å². The van der Waals surface area contributed by atoms with Crippen molar-refractivity contribution in [2.75, 3.05) is 32.5 Å². The van der Waals surface area contributed by atoms with E-state index in [-0.39, 0.29) is 5.82 Å². The Morgan fingerprint density at radius 1 is 1.00 bits per heavy atom. The molecule has 6 rings (SSSR count). The first-order valence-electron chi connectivity index (χ1n) is 12.4. The van der Waals surface area contributed by atoms with Crippen molar-refractivity contribution in [1.29, 1.82) is 0 Å². The molecule has 0 aliphatic carbocycles. The molecule has 9 heteroatoms. The first-order valence-corrected chi connectivity index (χ1v) is 12.4. The van der Waals surface area contributed by atoms with Crippen LogP contribution in [0.2, 0.25) is 0 Å². The predicted molar refractivity (Wildman–Crippen MR) is 149 cm³/mol. The van der Waals surface area contributed by atoms with E-state index in [1.54, 1.807) is 18.5 Å². The molecule has 1 aromatic carbocycles. The van der Waals surface area contributed by atoms with E-state index in [0.717, 1.165) is 68.8 Å². The molecule has 5 heterocycles. The van der Waals surface area contributed by atoms with Crippen LogP contribution in [0.1, 0.15) is 5.56 Å². The molecule has 0 fully saturated rings. The molecular formula is C29H27FN8. The second kappa shape index (κ2) is 9.68. The van der Waals surface area contributed by atoms with Gasteiger partial charge < -0.3 is 15.2 Å². The Morgan fingerprint density at radius 2 is 1.89 bits per heavy atom. The van der Waals surface area contributed by atoms with Crippen LogP contribution in [0, 0.1) is 12.7 Å². The molecule has 38 heavy (non-hydrogen) atoms. The van der Waals surface area contributed by atoms with Gasteiger partial charge in [-0.1, -0.05) is 0 Å². The van der Waals surface area contributed by atoms with Gasteiger partial charge in [-0.3, -0.25) is 10.1 Å². The second-order valence-corrected chi connectivity index (χ2v) is 9.62. The minimum atomic E-state index is -0.295. The maximum absolute atomic E-state index is 14.6. The lowest BCUT2D eigenvalue weighted by Crippen LogP contribution is -2.20. The predicted octanol–water partition coefficient (Wildman–Crippen LogP) is 5.65. The van der Waals surface area contributed by atoms with E-state index in [0.29, 0.717) is 11.3 Å². The summed E-state index contributed by atoms with van der Waals surface area (Å²) in [5.41, 5.74) is 9.04. The van der Waals surface area contributed by atoms with E-state index in [9.17, 15) is 4.39 Å². The van der Waals surface area contributed by atoms with Crippen molar-refractivity contribution in [3.8, 4) is 33.8 Å². The number of hydrogen-bond donors (Lipinski definition) is 3. The number of aromatic amines is 2. The van der Waals surface area contributed by atoms with Crippen LogP contribution in [0.3, 0.4) is 0 Å². The average Bonchev–Trinajstić information content (AvgIpc) is 3.52. The lowest BCUT2D eigenvalue weighted by Gasteiger charge is -2.13. The molecule has 8 nitrogen and oxygen atoms in total. The van der Waals surface area contributed by atoms with E-state index in [2.05, 4.69) is 35.4 Å². The number of halogens is 1. The summed E-state index contributed by atoms with van der Waals surface area (Å²) >= 11 is 0. The SMILES string of the molecule is Cc1ccncc1-c1ccc2[nH]nc(-c3cc4c(-c5cc(F)cc(NCCN(C)C)c5)ccnc4[nH]3)c2n1. The topological polar surface area (TPSA) is 98.4 Å². The van der Waals surface area contributed by atoms with Gasteiger partial charge in [-0.05, 0) is 86.2 Å². The number of anilines is 1. The summed E-state index contributed by atoms with van der Waals surface area (Å²) in [6, 6.07) is 14.9. The molecule has 0 atom stereocenters. The molecule has 0 saturated carbocycles. The number of fused-ring (bicyclic) bond motifs is 2. The lowest BCUT2D eigenvalue weighted by atomic mass is 10.0. The van der Waals surface area contributed by atoms with E-state index in [1.165, 1.54) is 6.07 Å². The summed E-state index contributed by atoms with van der Waals surface area (Å²) < 4.78 is 14.6. The highest BCUT2D eigenvalue weighted by molar-refractivity contribution is 5.99. The van der Waals surface area contributed by atoms with Crippen LogP contribution >= 0.6 is 0 Å². The van der Waals surface area contributed by atoms with Crippen LogP contribution in [-0.2, 0) is 0 Å². The Bertz CT molecular complexity index is 1770. The second-order valence-electron chi connectivity index (χ2n) is 9.62. The van der Waals surface area contributed by atoms with Crippen LogP contribution in [-0.4, -0.2) is 62.2 Å². The summed E-state index contributed by atoms with van der Waals surface area (Å²) in [7, 11) is 4.02. The van der Waals surface area contributed by atoms with Crippen LogP contribution in [0.25, 0.3) is 55.8 Å². The number of likely N-dealkylation sites (N-methyl/N-ethyl adjacent to an activating group) is 1. The van der Waals surface area contributed by atoms with Gasteiger partial charge in [0, 0.05) is 48.3 Å². The normalized spacial score (nSPS) is 11.6. The van der Waals surface area contributed by atoms with Gasteiger partial charge in [0.2, 0.25) is 0 Å². The van der Waals surface area contributed by atoms with Crippen molar-refractivity contribution in [3.63, 3.8) is 0 Å². The fourth-order valence-corrected chi connectivity index (χ4v) is 4.65. The molecule has 0 saturated heterocycles. The zero-order chi connectivity index (χ0) is 26.2. The van der Waals surface area contributed by atoms with Crippen molar-refractivity contribution in [1.82, 2.24) is 35.0 Å². The molecule has 0 spiro atoms. The third kappa shape index (κ3) is 4.48. The molecule has 0 radical (unpaired) electrons. The Balaban J connectivity index is 1.41. The minimum absolute atomic E-state index is 0.295. The monoisotopic (exact) mass is 506 g/mol. The van der Waals surface area contributed by atoms with Crippen molar-refractivity contribution in [3.05, 3.63) is 78.5 Å². The smallest absolute Gasteiger partial charge is 0.138 e. The van der Waals surface area contributed by atoms with Crippen molar-refractivity contribution < 1.29 is 4.39 Å². The third-order valence-corrected chi connectivity index (χ3v) is 6.61. The molecular weight excluding hydrogens is 479 g/mol. The number of rotatable bonds is 7. The summed E-state index contributed by atoms with van der Waals surface area (Å²) in [6.45, 7) is 3.61. The van der Waals surface area contributed by atoms with Gasteiger partial charge in [-0.25, -0.2) is 14.4 Å². The average molecular weight is 507 g/mol. The van der Waals surface area contributed by atoms with Gasteiger partial charge in [0.25, 0.3) is 0 Å². The van der Waals surface area contributed by atoms with Crippen LogP contribution in [0.4, 0.5) is 10.1 Å². The molecule has 0 unspecified atom stereocenters. The number of aromatic nitrogens is 6. The Kier molecular flexibility index (Phi) is 6.05. The summed E-state index contributed by atoms with van der Waals surface area (Å²) in [5.74, 6) is -0.295. The van der Waals surface area contributed by atoms with Gasteiger partial charge in [0.15, 0.2) is 0 Å². The maximum Gasteiger partial charge on any atom is 0.138 e. The van der Waals surface area contributed by atoms with Gasteiger partial charge in [0.1, 0.15) is 22.7 Å². The molecule has 0 aliphatic heterocycles. The quantitative estimate of drug-likeness (QED) is 0.259. The van der Waals surface area contributed by atoms with E-state index in [1.807, 2.05) is 63.6 Å². The molecule has 3 N–H and O–H groups in total. The summed E-state index contributed by atoms with van der Waals surface area (Å²) in [4.78, 5) is 19.2. The highest BCUT2D eigenvalue weighted by atomic mass is 19.1. The molecule has 0 amide bonds. The van der Waals surface area contributed by atoms with Gasteiger partial charge in [-0.15, -0.1) is 0 Å². The Hall–Kier alpha value is -4.63. The number of benzene rings is 1. The number of nitrogens with one attached hydrogen (secondary N) is 3. The summed E-state index contributed by atoms with van der Waals surface area (Å²) in [6.07, 6.45) is 5.33. The number of aryl methyl sites for hydroxylation is 1. The molecule has 0 bridgehead atoms. The fraction of sp³-hybridized carbons (Fsp3) is 0.172. The van der Waals surface area contributed by atoms with Gasteiger partial charge in [-0.2, -0.15) is 5.10 Å². The number of H-pyrrole nitrogens is 2. The van der Waals surface area contributed by atoms with Crippen molar-refractivity contribution in [2.45, 2.75) is 6.92 Å². The minimum Gasteiger partial charge on any atom is -0.384 e. The molecule has 0 aliphatic rings. The van der Waals surface area contributed by atoms with Crippen molar-refractivity contribution >= 4 is 27.8 Å². The highest BCUT2D eigenvalue weighted by Crippen LogP contribution is 2.34. The third-order valence-electron chi connectivity index (χ3n) is 6.61. The van der Waals surface area contributed by atoms with Crippen LogP contribution in [0.5, 0.6) is 0 Å². The van der Waals surface area contributed by atoms with E-state index in [4.69, 9.17) is 4.98 Å². The Morgan fingerprint density at radius 3 is 2.74 bits per heavy atom. The summed E-state index contributed by atoms with van der Waals surface area (Å²) in [5, 5.41) is 11.8. The van der Waals surface area contributed by atoms with E-state index < -0.39 is 0 Å². The maximum atomic E-state index is 14.6. The zero-order valence-electron chi connectivity index (χ0n) is 21.4.